The molecule has 6 heteroatoms. The number of piperazine rings is 1. The quantitative estimate of drug-likeness (QED) is 0.795. The van der Waals surface area contributed by atoms with E-state index in [2.05, 4.69) is 26.8 Å². The maximum Gasteiger partial charge on any atom is 0.158 e. The maximum atomic E-state index is 5.78. The molecule has 0 atom stereocenters. The second-order valence-corrected chi connectivity index (χ2v) is 4.29. The molecule has 2 N–H and O–H groups in total. The Labute approximate surface area is 101 Å². The molecule has 0 amide bonds. The third-order valence-electron chi connectivity index (χ3n) is 2.88. The summed E-state index contributed by atoms with van der Waals surface area (Å²) in [6.07, 6.45) is 0. The molecule has 94 valence electrons. The average molecular weight is 237 g/mol. The Morgan fingerprint density at radius 1 is 1.29 bits per heavy atom. The number of hydrogen-bond donors (Lipinski definition) is 1. The summed E-state index contributed by atoms with van der Waals surface area (Å²) >= 11 is 0. The van der Waals surface area contributed by atoms with Crippen molar-refractivity contribution in [1.82, 2.24) is 14.9 Å². The van der Waals surface area contributed by atoms with Gasteiger partial charge in [0.15, 0.2) is 5.82 Å². The van der Waals surface area contributed by atoms with E-state index in [1.165, 1.54) is 0 Å². The van der Waals surface area contributed by atoms with Crippen molar-refractivity contribution in [3.8, 4) is 0 Å². The standard InChI is InChI=1S/C11H19N5O/c1-15-3-5-16(6-4-15)11-7-9(12)13-10(14-11)8-17-2/h7H,3-6,8H2,1-2H3,(H2,12,13,14). The third kappa shape index (κ3) is 3.04. The topological polar surface area (TPSA) is 67.5 Å². The summed E-state index contributed by atoms with van der Waals surface area (Å²) in [5.74, 6) is 2.04. The van der Waals surface area contributed by atoms with Crippen LogP contribution in [0.25, 0.3) is 0 Å². The largest absolute Gasteiger partial charge is 0.384 e. The number of ether oxygens (including phenoxy) is 1. The summed E-state index contributed by atoms with van der Waals surface area (Å²) in [4.78, 5) is 13.1. The number of hydrogen-bond acceptors (Lipinski definition) is 6. The minimum atomic E-state index is 0.395. The number of anilines is 2. The minimum Gasteiger partial charge on any atom is -0.384 e. The molecule has 1 saturated heterocycles. The van der Waals surface area contributed by atoms with Crippen molar-refractivity contribution in [2.45, 2.75) is 6.61 Å². The molecule has 1 aromatic heterocycles. The normalized spacial score (nSPS) is 17.4. The molecule has 6 nitrogen and oxygen atoms in total. The van der Waals surface area contributed by atoms with E-state index in [1.807, 2.05) is 6.07 Å². The fraction of sp³-hybridized carbons (Fsp3) is 0.636. The van der Waals surface area contributed by atoms with Gasteiger partial charge in [0.05, 0.1) is 0 Å². The van der Waals surface area contributed by atoms with Gasteiger partial charge in [-0.1, -0.05) is 0 Å². The van der Waals surface area contributed by atoms with Crippen LogP contribution in [0.4, 0.5) is 11.6 Å². The van der Waals surface area contributed by atoms with Gasteiger partial charge < -0.3 is 20.3 Å². The van der Waals surface area contributed by atoms with Gasteiger partial charge in [0.25, 0.3) is 0 Å². The lowest BCUT2D eigenvalue weighted by Gasteiger charge is -2.33. The molecule has 0 aliphatic carbocycles. The number of nitrogens with two attached hydrogens (primary N) is 1. The predicted octanol–water partition coefficient (Wildman–Crippen LogP) is -0.0430. The van der Waals surface area contributed by atoms with Gasteiger partial charge >= 0.3 is 0 Å². The summed E-state index contributed by atoms with van der Waals surface area (Å²) in [5, 5.41) is 0. The van der Waals surface area contributed by atoms with E-state index < -0.39 is 0 Å². The fourth-order valence-electron chi connectivity index (χ4n) is 1.89. The van der Waals surface area contributed by atoms with E-state index in [4.69, 9.17) is 10.5 Å². The number of aromatic nitrogens is 2. The SMILES string of the molecule is COCc1nc(N)cc(N2CCN(C)CC2)n1. The lowest BCUT2D eigenvalue weighted by atomic mass is 10.3. The van der Waals surface area contributed by atoms with Crippen LogP contribution in [-0.4, -0.2) is 55.2 Å². The predicted molar refractivity (Wildman–Crippen MR) is 66.9 cm³/mol. The summed E-state index contributed by atoms with van der Waals surface area (Å²) in [7, 11) is 3.75. The van der Waals surface area contributed by atoms with Crippen molar-refractivity contribution in [2.75, 3.05) is 51.0 Å². The summed E-state index contributed by atoms with van der Waals surface area (Å²) in [6, 6.07) is 1.82. The molecule has 17 heavy (non-hydrogen) atoms. The van der Waals surface area contributed by atoms with Crippen LogP contribution >= 0.6 is 0 Å². The first-order valence-corrected chi connectivity index (χ1v) is 5.75. The highest BCUT2D eigenvalue weighted by molar-refractivity contribution is 5.47. The van der Waals surface area contributed by atoms with Gasteiger partial charge in [0, 0.05) is 39.4 Å². The summed E-state index contributed by atoms with van der Waals surface area (Å²) < 4.78 is 5.03. The Bertz CT molecular complexity index is 376. The summed E-state index contributed by atoms with van der Waals surface area (Å²) in [5.41, 5.74) is 5.78. The fourth-order valence-corrected chi connectivity index (χ4v) is 1.89. The summed E-state index contributed by atoms with van der Waals surface area (Å²) in [6.45, 7) is 4.43. The van der Waals surface area contributed by atoms with E-state index in [0.29, 0.717) is 18.2 Å². The first-order valence-electron chi connectivity index (χ1n) is 5.75. The highest BCUT2D eigenvalue weighted by Crippen LogP contribution is 2.16. The van der Waals surface area contributed by atoms with Crippen LogP contribution in [0.15, 0.2) is 6.07 Å². The monoisotopic (exact) mass is 237 g/mol. The molecule has 0 spiro atoms. The first-order chi connectivity index (χ1) is 8.19. The highest BCUT2D eigenvalue weighted by Gasteiger charge is 2.16. The molecular weight excluding hydrogens is 218 g/mol. The van der Waals surface area contributed by atoms with E-state index in [-0.39, 0.29) is 0 Å². The van der Waals surface area contributed by atoms with Gasteiger partial charge in [0.2, 0.25) is 0 Å². The zero-order chi connectivity index (χ0) is 12.3. The first kappa shape index (κ1) is 12.1. The molecule has 2 rings (SSSR count). The Kier molecular flexibility index (Phi) is 3.75. The Hall–Kier alpha value is -1.40. The van der Waals surface area contributed by atoms with Gasteiger partial charge in [-0.25, -0.2) is 9.97 Å². The molecule has 0 radical (unpaired) electrons. The van der Waals surface area contributed by atoms with Crippen LogP contribution < -0.4 is 10.6 Å². The van der Waals surface area contributed by atoms with Crippen molar-refractivity contribution in [3.05, 3.63) is 11.9 Å². The number of nitrogens with zero attached hydrogens (tertiary/aromatic N) is 4. The van der Waals surface area contributed by atoms with Crippen molar-refractivity contribution < 1.29 is 4.74 Å². The van der Waals surface area contributed by atoms with E-state index in [1.54, 1.807) is 7.11 Å². The van der Waals surface area contributed by atoms with Gasteiger partial charge in [-0.3, -0.25) is 0 Å². The number of rotatable bonds is 3. The van der Waals surface area contributed by atoms with E-state index in [9.17, 15) is 0 Å². The van der Waals surface area contributed by atoms with Crippen LogP contribution in [0.1, 0.15) is 5.82 Å². The Morgan fingerprint density at radius 2 is 2.00 bits per heavy atom. The van der Waals surface area contributed by atoms with Gasteiger partial charge in [-0.05, 0) is 7.05 Å². The molecule has 1 fully saturated rings. The number of likely N-dealkylation sites (N-methyl/N-ethyl adjacent to an activating group) is 1. The minimum absolute atomic E-state index is 0.395. The van der Waals surface area contributed by atoms with Crippen molar-refractivity contribution >= 4 is 11.6 Å². The van der Waals surface area contributed by atoms with Gasteiger partial charge in [-0.15, -0.1) is 0 Å². The molecule has 0 bridgehead atoms. The van der Waals surface area contributed by atoms with E-state index >= 15 is 0 Å². The van der Waals surface area contributed by atoms with Gasteiger partial charge in [-0.2, -0.15) is 0 Å². The average Bonchev–Trinajstić information content (AvgIpc) is 2.29. The highest BCUT2D eigenvalue weighted by atomic mass is 16.5. The molecular formula is C11H19N5O. The molecule has 2 heterocycles. The van der Waals surface area contributed by atoms with Crippen LogP contribution in [0.5, 0.6) is 0 Å². The second-order valence-electron chi connectivity index (χ2n) is 4.29. The lowest BCUT2D eigenvalue weighted by Crippen LogP contribution is -2.45. The van der Waals surface area contributed by atoms with Crippen LogP contribution in [0.2, 0.25) is 0 Å². The maximum absolute atomic E-state index is 5.78. The van der Waals surface area contributed by atoms with Gasteiger partial charge in [0.1, 0.15) is 18.2 Å². The molecule has 0 saturated carbocycles. The second kappa shape index (κ2) is 5.29. The lowest BCUT2D eigenvalue weighted by molar-refractivity contribution is 0.178. The molecule has 1 aliphatic heterocycles. The smallest absolute Gasteiger partial charge is 0.158 e. The molecule has 1 aromatic rings. The molecule has 1 aliphatic rings. The van der Waals surface area contributed by atoms with E-state index in [0.717, 1.165) is 32.0 Å². The Morgan fingerprint density at radius 3 is 2.65 bits per heavy atom. The zero-order valence-electron chi connectivity index (χ0n) is 10.4. The van der Waals surface area contributed by atoms with Crippen LogP contribution in [0, 0.1) is 0 Å². The number of methoxy groups -OCH3 is 1. The molecule has 0 unspecified atom stereocenters. The number of nitrogen functional groups attached to an aromatic ring is 1. The van der Waals surface area contributed by atoms with Crippen molar-refractivity contribution in [1.29, 1.82) is 0 Å². The van der Waals surface area contributed by atoms with Crippen molar-refractivity contribution in [2.24, 2.45) is 0 Å². The van der Waals surface area contributed by atoms with Crippen LogP contribution in [-0.2, 0) is 11.3 Å². The van der Waals surface area contributed by atoms with Crippen molar-refractivity contribution in [3.63, 3.8) is 0 Å². The Balaban J connectivity index is 2.14. The molecule has 0 aromatic carbocycles. The zero-order valence-corrected chi connectivity index (χ0v) is 10.4. The van der Waals surface area contributed by atoms with Crippen LogP contribution in [0.3, 0.4) is 0 Å². The third-order valence-corrected chi connectivity index (χ3v) is 2.88.